The molecule has 0 fully saturated rings. The van der Waals surface area contributed by atoms with Crippen LogP contribution in [0, 0.1) is 19.7 Å². The fourth-order valence-corrected chi connectivity index (χ4v) is 4.51. The van der Waals surface area contributed by atoms with Gasteiger partial charge in [0.25, 0.3) is 0 Å². The van der Waals surface area contributed by atoms with Gasteiger partial charge < -0.3 is 13.9 Å². The van der Waals surface area contributed by atoms with Gasteiger partial charge in [0.1, 0.15) is 28.6 Å². The summed E-state index contributed by atoms with van der Waals surface area (Å²) in [7, 11) is 0. The molecule has 0 unspecified atom stereocenters. The van der Waals surface area contributed by atoms with Gasteiger partial charge in [0.05, 0.1) is 16.9 Å². The summed E-state index contributed by atoms with van der Waals surface area (Å²) in [5.41, 5.74) is 3.15. The van der Waals surface area contributed by atoms with Gasteiger partial charge in [-0.1, -0.05) is 35.9 Å². The first-order chi connectivity index (χ1) is 19.9. The van der Waals surface area contributed by atoms with Gasteiger partial charge in [-0.25, -0.2) is 14.2 Å². The van der Waals surface area contributed by atoms with Crippen LogP contribution >= 0.6 is 11.6 Å². The number of rotatable bonds is 8. The summed E-state index contributed by atoms with van der Waals surface area (Å²) in [6, 6.07) is 16.5. The number of aryl methyl sites for hydroxylation is 2. The molecule has 5 aromatic rings. The molecule has 2 heterocycles. The molecule has 0 saturated heterocycles. The number of halogens is 2. The molecule has 0 aliphatic rings. The van der Waals surface area contributed by atoms with Crippen molar-refractivity contribution in [1.82, 2.24) is 14.8 Å². The molecule has 216 valence electrons. The van der Waals surface area contributed by atoms with E-state index in [1.807, 2.05) is 20.8 Å². The van der Waals surface area contributed by atoms with E-state index in [0.717, 1.165) is 5.56 Å². The predicted molar refractivity (Wildman–Crippen MR) is 156 cm³/mol. The quantitative estimate of drug-likeness (QED) is 0.138. The number of esters is 1. The molecule has 0 amide bonds. The average Bonchev–Trinajstić information content (AvgIpc) is 3.43. The summed E-state index contributed by atoms with van der Waals surface area (Å²) >= 11 is 6.54. The second-order valence-electron chi connectivity index (χ2n) is 10.9. The number of aromatic nitrogens is 3. The summed E-state index contributed by atoms with van der Waals surface area (Å²) in [6.07, 6.45) is -0.160. The highest BCUT2D eigenvalue weighted by atomic mass is 35.5. The maximum Gasteiger partial charge on any atom is 0.338 e. The molecule has 8 nitrogen and oxygen atoms in total. The van der Waals surface area contributed by atoms with Crippen molar-refractivity contribution < 1.29 is 27.9 Å². The SMILES string of the molecule is Cc1nc2cc(F)c(CC(=O)c3cccc(-n4nc(C)c(Cl)c4OCc4ccc(C(=O)OC(C)(C)C)cc4)c3)cc2o1. The molecule has 0 aliphatic carbocycles. The van der Waals surface area contributed by atoms with Gasteiger partial charge >= 0.3 is 5.97 Å². The monoisotopic (exact) mass is 589 g/mol. The molecule has 0 radical (unpaired) electrons. The topological polar surface area (TPSA) is 96.5 Å². The van der Waals surface area contributed by atoms with Crippen LogP contribution in [-0.2, 0) is 17.8 Å². The zero-order valence-electron chi connectivity index (χ0n) is 23.8. The highest BCUT2D eigenvalue weighted by molar-refractivity contribution is 6.32. The van der Waals surface area contributed by atoms with Crippen molar-refractivity contribution in [3.05, 3.63) is 105 Å². The van der Waals surface area contributed by atoms with Gasteiger partial charge in [0.2, 0.25) is 5.88 Å². The maximum absolute atomic E-state index is 14.7. The zero-order valence-corrected chi connectivity index (χ0v) is 24.6. The van der Waals surface area contributed by atoms with Gasteiger partial charge in [0.15, 0.2) is 17.3 Å². The number of Topliss-reactive ketones (excluding diaryl/α,β-unsaturated/α-hetero) is 1. The van der Waals surface area contributed by atoms with E-state index in [1.54, 1.807) is 62.4 Å². The standard InChI is InChI=1S/C32H29ClFN3O5/c1-18-29(33)30(40-17-20-9-11-21(12-10-20)31(39)42-32(3,4)5)37(36-18)24-8-6-7-22(13-24)27(38)14-23-15-28-26(16-25(23)34)35-19(2)41-28/h6-13,15-16H,14,17H2,1-5H3. The Morgan fingerprint density at radius 2 is 1.76 bits per heavy atom. The molecule has 10 heteroatoms. The lowest BCUT2D eigenvalue weighted by Crippen LogP contribution is -2.23. The van der Waals surface area contributed by atoms with Crippen molar-refractivity contribution in [3.8, 4) is 11.6 Å². The van der Waals surface area contributed by atoms with Gasteiger partial charge in [-0.3, -0.25) is 4.79 Å². The molecular formula is C32H29ClFN3O5. The number of nitrogens with zero attached hydrogens (tertiary/aromatic N) is 3. The lowest BCUT2D eigenvalue weighted by molar-refractivity contribution is 0.00693. The maximum atomic E-state index is 14.7. The van der Waals surface area contributed by atoms with Gasteiger partial charge in [-0.2, -0.15) is 9.78 Å². The Kier molecular flexibility index (Phi) is 7.88. The first-order valence-corrected chi connectivity index (χ1v) is 13.6. The van der Waals surface area contributed by atoms with Crippen LogP contribution in [0.1, 0.15) is 64.2 Å². The molecule has 3 aromatic carbocycles. The molecule has 0 bridgehead atoms. The molecule has 42 heavy (non-hydrogen) atoms. The van der Waals surface area contributed by atoms with Crippen molar-refractivity contribution >= 4 is 34.5 Å². The van der Waals surface area contributed by atoms with Crippen molar-refractivity contribution in [3.63, 3.8) is 0 Å². The van der Waals surface area contributed by atoms with Gasteiger partial charge in [-0.15, -0.1) is 0 Å². The minimum absolute atomic E-state index is 0.154. The molecule has 0 saturated carbocycles. The van der Waals surface area contributed by atoms with Crippen LogP contribution in [0.5, 0.6) is 5.88 Å². The zero-order chi connectivity index (χ0) is 30.2. The van der Waals surface area contributed by atoms with E-state index >= 15 is 0 Å². The Morgan fingerprint density at radius 1 is 1.02 bits per heavy atom. The fraction of sp³-hybridized carbons (Fsp3) is 0.250. The van der Waals surface area contributed by atoms with Crippen molar-refractivity contribution in [2.45, 2.75) is 53.2 Å². The van der Waals surface area contributed by atoms with Crippen LogP contribution < -0.4 is 4.74 Å². The summed E-state index contributed by atoms with van der Waals surface area (Å²) < 4.78 is 33.2. The van der Waals surface area contributed by atoms with Crippen LogP contribution in [0.15, 0.2) is 65.1 Å². The number of hydrogen-bond donors (Lipinski definition) is 0. The number of carbonyl (C=O) groups excluding carboxylic acids is 2. The lowest BCUT2D eigenvalue weighted by atomic mass is 10.0. The summed E-state index contributed by atoms with van der Waals surface area (Å²) in [5.74, 6) is -0.493. The average molecular weight is 590 g/mol. The first kappa shape index (κ1) is 29.0. The van der Waals surface area contributed by atoms with E-state index in [-0.39, 0.29) is 24.4 Å². The van der Waals surface area contributed by atoms with Gasteiger partial charge in [-0.05, 0) is 69.2 Å². The highest BCUT2D eigenvalue weighted by Crippen LogP contribution is 2.32. The second-order valence-corrected chi connectivity index (χ2v) is 11.3. The number of ketones is 1. The number of benzene rings is 3. The largest absolute Gasteiger partial charge is 0.472 e. The summed E-state index contributed by atoms with van der Waals surface area (Å²) in [6.45, 7) is 9.02. The Balaban J connectivity index is 1.33. The Bertz CT molecular complexity index is 1800. The van der Waals surface area contributed by atoms with Gasteiger partial charge in [0, 0.05) is 25.0 Å². The summed E-state index contributed by atoms with van der Waals surface area (Å²) in [5, 5.41) is 4.84. The van der Waals surface area contributed by atoms with Crippen LogP contribution in [0.25, 0.3) is 16.8 Å². The van der Waals surface area contributed by atoms with E-state index in [2.05, 4.69) is 10.1 Å². The Labute approximate surface area is 247 Å². The first-order valence-electron chi connectivity index (χ1n) is 13.3. The number of ether oxygens (including phenoxy) is 2. The molecule has 0 N–H and O–H groups in total. The lowest BCUT2D eigenvalue weighted by Gasteiger charge is -2.19. The van der Waals surface area contributed by atoms with E-state index in [4.69, 9.17) is 25.5 Å². The van der Waals surface area contributed by atoms with Crippen LogP contribution in [0.3, 0.4) is 0 Å². The minimum Gasteiger partial charge on any atom is -0.472 e. The third kappa shape index (κ3) is 6.36. The molecule has 0 spiro atoms. The number of oxazole rings is 1. The van der Waals surface area contributed by atoms with E-state index in [0.29, 0.717) is 50.4 Å². The third-order valence-corrected chi connectivity index (χ3v) is 6.77. The van der Waals surface area contributed by atoms with Crippen molar-refractivity contribution in [2.75, 3.05) is 0 Å². The molecular weight excluding hydrogens is 561 g/mol. The fourth-order valence-electron chi connectivity index (χ4n) is 4.34. The smallest absolute Gasteiger partial charge is 0.338 e. The minimum atomic E-state index is -0.588. The Morgan fingerprint density at radius 3 is 2.48 bits per heavy atom. The highest BCUT2D eigenvalue weighted by Gasteiger charge is 2.20. The van der Waals surface area contributed by atoms with E-state index in [9.17, 15) is 14.0 Å². The van der Waals surface area contributed by atoms with E-state index in [1.165, 1.54) is 16.8 Å². The normalized spacial score (nSPS) is 11.6. The molecule has 2 aromatic heterocycles. The third-order valence-electron chi connectivity index (χ3n) is 6.34. The van der Waals surface area contributed by atoms with E-state index < -0.39 is 17.4 Å². The number of fused-ring (bicyclic) bond motifs is 1. The number of hydrogen-bond acceptors (Lipinski definition) is 7. The predicted octanol–water partition coefficient (Wildman–Crippen LogP) is 7.38. The number of carbonyl (C=O) groups is 2. The van der Waals surface area contributed by atoms with Crippen LogP contribution in [0.4, 0.5) is 4.39 Å². The molecule has 0 aliphatic heterocycles. The Hall–Kier alpha value is -4.50. The van der Waals surface area contributed by atoms with Crippen molar-refractivity contribution in [1.29, 1.82) is 0 Å². The van der Waals surface area contributed by atoms with Crippen LogP contribution in [-0.4, -0.2) is 32.1 Å². The molecule has 5 rings (SSSR count). The second kappa shape index (κ2) is 11.4. The van der Waals surface area contributed by atoms with Crippen molar-refractivity contribution in [2.24, 2.45) is 0 Å². The summed E-state index contributed by atoms with van der Waals surface area (Å²) in [4.78, 5) is 29.6. The molecule has 0 atom stereocenters. The van der Waals surface area contributed by atoms with Crippen LogP contribution in [0.2, 0.25) is 5.02 Å².